The summed E-state index contributed by atoms with van der Waals surface area (Å²) >= 11 is 0. The fourth-order valence-electron chi connectivity index (χ4n) is 2.04. The fraction of sp³-hybridized carbons (Fsp3) is 0.800. The summed E-state index contributed by atoms with van der Waals surface area (Å²) < 4.78 is 0. The van der Waals surface area contributed by atoms with Gasteiger partial charge in [0.05, 0.1) is 0 Å². The van der Waals surface area contributed by atoms with Gasteiger partial charge in [-0.25, -0.2) is 0 Å². The van der Waals surface area contributed by atoms with E-state index in [0.717, 1.165) is 0 Å². The van der Waals surface area contributed by atoms with Crippen LogP contribution in [0.3, 0.4) is 0 Å². The highest BCUT2D eigenvalue weighted by molar-refractivity contribution is 6.07. The monoisotopic (exact) mass is 183 g/mol. The number of carbonyl (C=O) groups is 2. The third kappa shape index (κ3) is 1.36. The van der Waals surface area contributed by atoms with E-state index in [9.17, 15) is 9.59 Å². The van der Waals surface area contributed by atoms with E-state index in [2.05, 4.69) is 0 Å². The Balaban J connectivity index is 3.00. The first-order valence-electron chi connectivity index (χ1n) is 4.87. The number of rotatable bonds is 2. The summed E-state index contributed by atoms with van der Waals surface area (Å²) in [5.74, 6) is 0.134. The molecule has 1 aliphatic heterocycles. The van der Waals surface area contributed by atoms with E-state index >= 15 is 0 Å². The molecule has 3 nitrogen and oxygen atoms in total. The van der Waals surface area contributed by atoms with Gasteiger partial charge in [-0.1, -0.05) is 13.8 Å². The molecule has 1 heterocycles. The molecule has 1 amide bonds. The molecule has 0 aromatic rings. The van der Waals surface area contributed by atoms with Crippen molar-refractivity contribution in [2.45, 2.75) is 33.1 Å². The number of hydrogen-bond acceptors (Lipinski definition) is 2. The van der Waals surface area contributed by atoms with Crippen LogP contribution in [0.25, 0.3) is 0 Å². The van der Waals surface area contributed by atoms with Crippen molar-refractivity contribution in [1.29, 1.82) is 0 Å². The van der Waals surface area contributed by atoms with Crippen LogP contribution in [0, 0.1) is 5.41 Å². The predicted molar refractivity (Wildman–Crippen MR) is 50.3 cm³/mol. The highest BCUT2D eigenvalue weighted by Crippen LogP contribution is 2.34. The van der Waals surface area contributed by atoms with Gasteiger partial charge in [-0.15, -0.1) is 0 Å². The minimum atomic E-state index is -0.701. The zero-order valence-corrected chi connectivity index (χ0v) is 8.59. The Morgan fingerprint density at radius 1 is 1.31 bits per heavy atom. The van der Waals surface area contributed by atoms with Gasteiger partial charge in [0.15, 0.2) is 0 Å². The molecule has 1 fully saturated rings. The molecule has 0 aromatic heterocycles. The Bertz CT molecular complexity index is 231. The topological polar surface area (TPSA) is 37.4 Å². The van der Waals surface area contributed by atoms with Crippen LogP contribution < -0.4 is 0 Å². The molecule has 1 aliphatic rings. The standard InChI is InChI=1S/C10H17NO2/c1-4-10(5-2)8(12)6-7-11(3)9(10)13/h4-7H2,1-3H3. The van der Waals surface area contributed by atoms with Gasteiger partial charge in [0.25, 0.3) is 0 Å². The predicted octanol–water partition coefficient (Wildman–Crippen LogP) is 1.22. The lowest BCUT2D eigenvalue weighted by molar-refractivity contribution is -0.154. The van der Waals surface area contributed by atoms with Crippen LogP contribution in [-0.2, 0) is 9.59 Å². The number of piperidine rings is 1. The third-order valence-electron chi connectivity index (χ3n) is 3.17. The van der Waals surface area contributed by atoms with Crippen LogP contribution >= 0.6 is 0 Å². The Hall–Kier alpha value is -0.860. The summed E-state index contributed by atoms with van der Waals surface area (Å²) in [6.45, 7) is 4.41. The van der Waals surface area contributed by atoms with Crippen molar-refractivity contribution < 1.29 is 9.59 Å². The molecule has 0 N–H and O–H groups in total. The Morgan fingerprint density at radius 3 is 2.23 bits per heavy atom. The van der Waals surface area contributed by atoms with Crippen molar-refractivity contribution in [1.82, 2.24) is 4.90 Å². The van der Waals surface area contributed by atoms with Gasteiger partial charge in [-0.3, -0.25) is 9.59 Å². The van der Waals surface area contributed by atoms with Crippen LogP contribution in [0.5, 0.6) is 0 Å². The quantitative estimate of drug-likeness (QED) is 0.604. The lowest BCUT2D eigenvalue weighted by atomic mass is 9.74. The van der Waals surface area contributed by atoms with E-state index in [1.165, 1.54) is 0 Å². The van der Waals surface area contributed by atoms with E-state index in [4.69, 9.17) is 0 Å². The first kappa shape index (κ1) is 10.2. The first-order valence-corrected chi connectivity index (χ1v) is 4.87. The largest absolute Gasteiger partial charge is 0.344 e. The number of amides is 1. The second kappa shape index (κ2) is 3.48. The van der Waals surface area contributed by atoms with Gasteiger partial charge in [0.1, 0.15) is 11.2 Å². The van der Waals surface area contributed by atoms with Gasteiger partial charge in [0, 0.05) is 20.0 Å². The number of carbonyl (C=O) groups excluding carboxylic acids is 2. The van der Waals surface area contributed by atoms with Gasteiger partial charge in [-0.05, 0) is 12.8 Å². The van der Waals surface area contributed by atoms with Crippen molar-refractivity contribution in [2.75, 3.05) is 13.6 Å². The minimum absolute atomic E-state index is 0.00810. The third-order valence-corrected chi connectivity index (χ3v) is 3.17. The SMILES string of the molecule is CCC1(CC)C(=O)CCN(C)C1=O. The van der Waals surface area contributed by atoms with Crippen LogP contribution in [-0.4, -0.2) is 30.2 Å². The molecule has 0 unspecified atom stereocenters. The Kier molecular flexibility index (Phi) is 2.74. The number of nitrogens with zero attached hydrogens (tertiary/aromatic N) is 1. The normalized spacial score (nSPS) is 22.2. The maximum atomic E-state index is 11.8. The zero-order chi connectivity index (χ0) is 10.1. The summed E-state index contributed by atoms with van der Waals surface area (Å²) in [5, 5.41) is 0. The minimum Gasteiger partial charge on any atom is -0.344 e. The molecule has 1 rings (SSSR count). The second-order valence-electron chi connectivity index (χ2n) is 3.69. The average Bonchev–Trinajstić information content (AvgIpc) is 2.15. The Labute approximate surface area is 79.1 Å². The maximum Gasteiger partial charge on any atom is 0.235 e. The van der Waals surface area contributed by atoms with Crippen LogP contribution in [0.4, 0.5) is 0 Å². The lowest BCUT2D eigenvalue weighted by Gasteiger charge is -2.37. The smallest absolute Gasteiger partial charge is 0.235 e. The molecule has 13 heavy (non-hydrogen) atoms. The fourth-order valence-corrected chi connectivity index (χ4v) is 2.04. The number of ketones is 1. The number of likely N-dealkylation sites (tertiary alicyclic amines) is 1. The maximum absolute atomic E-state index is 11.8. The summed E-state index contributed by atoms with van der Waals surface area (Å²) in [7, 11) is 1.77. The van der Waals surface area contributed by atoms with Gasteiger partial charge in [-0.2, -0.15) is 0 Å². The molecule has 0 bridgehead atoms. The number of Topliss-reactive ketones (excluding diaryl/α,β-unsaturated/α-hetero) is 1. The van der Waals surface area contributed by atoms with E-state index in [-0.39, 0.29) is 11.7 Å². The van der Waals surface area contributed by atoms with E-state index in [0.29, 0.717) is 25.8 Å². The summed E-state index contributed by atoms with van der Waals surface area (Å²) in [4.78, 5) is 25.2. The summed E-state index contributed by atoms with van der Waals surface area (Å²) in [6, 6.07) is 0. The van der Waals surface area contributed by atoms with E-state index < -0.39 is 5.41 Å². The van der Waals surface area contributed by atoms with Gasteiger partial charge >= 0.3 is 0 Å². The average molecular weight is 183 g/mol. The molecule has 0 aliphatic carbocycles. The van der Waals surface area contributed by atoms with Crippen molar-refractivity contribution in [3.8, 4) is 0 Å². The van der Waals surface area contributed by atoms with Crippen LogP contribution in [0.2, 0.25) is 0 Å². The highest BCUT2D eigenvalue weighted by Gasteiger charge is 2.46. The summed E-state index contributed by atoms with van der Waals surface area (Å²) in [5.41, 5.74) is -0.701. The molecular weight excluding hydrogens is 166 g/mol. The lowest BCUT2D eigenvalue weighted by Crippen LogP contribution is -2.52. The first-order chi connectivity index (χ1) is 6.08. The van der Waals surface area contributed by atoms with E-state index in [1.807, 2.05) is 13.8 Å². The summed E-state index contributed by atoms with van der Waals surface area (Å²) in [6.07, 6.45) is 1.78. The molecule has 0 saturated carbocycles. The van der Waals surface area contributed by atoms with Crippen LogP contribution in [0.1, 0.15) is 33.1 Å². The highest BCUT2D eigenvalue weighted by atomic mass is 16.2. The van der Waals surface area contributed by atoms with Crippen molar-refractivity contribution in [3.05, 3.63) is 0 Å². The van der Waals surface area contributed by atoms with Gasteiger partial charge in [0.2, 0.25) is 5.91 Å². The van der Waals surface area contributed by atoms with Crippen molar-refractivity contribution in [2.24, 2.45) is 5.41 Å². The Morgan fingerprint density at radius 2 is 1.85 bits per heavy atom. The number of hydrogen-bond donors (Lipinski definition) is 0. The van der Waals surface area contributed by atoms with Crippen molar-refractivity contribution >= 4 is 11.7 Å². The molecule has 0 aromatic carbocycles. The zero-order valence-electron chi connectivity index (χ0n) is 8.59. The molecule has 0 atom stereocenters. The van der Waals surface area contributed by atoms with Crippen LogP contribution in [0.15, 0.2) is 0 Å². The molecule has 3 heteroatoms. The van der Waals surface area contributed by atoms with Crippen molar-refractivity contribution in [3.63, 3.8) is 0 Å². The molecule has 0 radical (unpaired) electrons. The molecule has 74 valence electrons. The second-order valence-corrected chi connectivity index (χ2v) is 3.69. The van der Waals surface area contributed by atoms with E-state index in [1.54, 1.807) is 11.9 Å². The molecular formula is C10H17NO2. The van der Waals surface area contributed by atoms with Gasteiger partial charge < -0.3 is 4.90 Å². The molecule has 1 saturated heterocycles. The molecule has 0 spiro atoms.